The predicted molar refractivity (Wildman–Crippen MR) is 73.5 cm³/mol. The van der Waals surface area contributed by atoms with Crippen LogP contribution in [-0.2, 0) is 11.3 Å². The summed E-state index contributed by atoms with van der Waals surface area (Å²) in [5, 5.41) is 3.20. The van der Waals surface area contributed by atoms with E-state index < -0.39 is 0 Å². The minimum Gasteiger partial charge on any atom is -0.445 e. The maximum absolute atomic E-state index is 11.8. The standard InChI is InChI=1S/C13H17BrN2O2/c1-10-8-12(14)3-2-11(10)9-18-13(17)16-6-4-15-5-7-16/h2-3,8,15H,4-7,9H2,1H3. The number of ether oxygens (including phenoxy) is 1. The van der Waals surface area contributed by atoms with E-state index in [2.05, 4.69) is 21.2 Å². The molecule has 0 aliphatic carbocycles. The molecule has 0 radical (unpaired) electrons. The van der Waals surface area contributed by atoms with Gasteiger partial charge in [-0.1, -0.05) is 22.0 Å². The molecule has 1 fully saturated rings. The summed E-state index contributed by atoms with van der Waals surface area (Å²) in [5.74, 6) is 0. The molecule has 1 N–H and O–H groups in total. The SMILES string of the molecule is Cc1cc(Br)ccc1COC(=O)N1CCNCC1. The number of hydrogen-bond acceptors (Lipinski definition) is 3. The Bertz CT molecular complexity index is 431. The minimum absolute atomic E-state index is 0.223. The van der Waals surface area contributed by atoms with Crippen LogP contribution in [0.5, 0.6) is 0 Å². The van der Waals surface area contributed by atoms with Gasteiger partial charge in [-0.3, -0.25) is 0 Å². The summed E-state index contributed by atoms with van der Waals surface area (Å²) < 4.78 is 6.37. The van der Waals surface area contributed by atoms with Crippen molar-refractivity contribution in [1.82, 2.24) is 10.2 Å². The fourth-order valence-electron chi connectivity index (χ4n) is 1.90. The van der Waals surface area contributed by atoms with Gasteiger partial charge in [0.1, 0.15) is 6.61 Å². The van der Waals surface area contributed by atoms with Crippen LogP contribution in [0.4, 0.5) is 4.79 Å². The molecule has 1 aliphatic heterocycles. The van der Waals surface area contributed by atoms with Crippen molar-refractivity contribution in [3.05, 3.63) is 33.8 Å². The Hall–Kier alpha value is -1.07. The molecule has 98 valence electrons. The van der Waals surface area contributed by atoms with Crippen LogP contribution in [0.25, 0.3) is 0 Å². The average molecular weight is 313 g/mol. The zero-order chi connectivity index (χ0) is 13.0. The maximum atomic E-state index is 11.8. The molecule has 1 aromatic rings. The second-order valence-corrected chi connectivity index (χ2v) is 5.28. The smallest absolute Gasteiger partial charge is 0.410 e. The molecule has 2 rings (SSSR count). The van der Waals surface area contributed by atoms with Gasteiger partial charge < -0.3 is 15.0 Å². The van der Waals surface area contributed by atoms with Gasteiger partial charge in [-0.15, -0.1) is 0 Å². The van der Waals surface area contributed by atoms with Gasteiger partial charge in [0.15, 0.2) is 0 Å². The maximum Gasteiger partial charge on any atom is 0.410 e. The van der Waals surface area contributed by atoms with Crippen molar-refractivity contribution in [1.29, 1.82) is 0 Å². The van der Waals surface area contributed by atoms with Crippen LogP contribution in [0.2, 0.25) is 0 Å². The number of carbonyl (C=O) groups is 1. The summed E-state index contributed by atoms with van der Waals surface area (Å²) in [6.07, 6.45) is -0.223. The number of carbonyl (C=O) groups excluding carboxylic acids is 1. The Kier molecular flexibility index (Phi) is 4.60. The zero-order valence-electron chi connectivity index (χ0n) is 10.4. The summed E-state index contributed by atoms with van der Waals surface area (Å²) in [5.41, 5.74) is 2.17. The van der Waals surface area contributed by atoms with Gasteiger partial charge in [-0.05, 0) is 30.2 Å². The molecule has 1 aromatic carbocycles. The van der Waals surface area contributed by atoms with Crippen LogP contribution >= 0.6 is 15.9 Å². The number of nitrogens with zero attached hydrogens (tertiary/aromatic N) is 1. The fourth-order valence-corrected chi connectivity index (χ4v) is 2.37. The lowest BCUT2D eigenvalue weighted by Gasteiger charge is -2.26. The van der Waals surface area contributed by atoms with Crippen LogP contribution in [0.15, 0.2) is 22.7 Å². The van der Waals surface area contributed by atoms with Crippen molar-refractivity contribution in [2.75, 3.05) is 26.2 Å². The van der Waals surface area contributed by atoms with E-state index in [0.717, 1.165) is 41.8 Å². The minimum atomic E-state index is -0.223. The average Bonchev–Trinajstić information content (AvgIpc) is 2.38. The van der Waals surface area contributed by atoms with Crippen LogP contribution in [-0.4, -0.2) is 37.2 Å². The first kappa shape index (κ1) is 13.4. The van der Waals surface area contributed by atoms with Gasteiger partial charge in [0.2, 0.25) is 0 Å². The lowest BCUT2D eigenvalue weighted by molar-refractivity contribution is 0.0917. The summed E-state index contributed by atoms with van der Waals surface area (Å²) in [7, 11) is 0. The highest BCUT2D eigenvalue weighted by Gasteiger charge is 2.17. The monoisotopic (exact) mass is 312 g/mol. The summed E-state index contributed by atoms with van der Waals surface area (Å²) in [4.78, 5) is 13.6. The van der Waals surface area contributed by atoms with E-state index in [0.29, 0.717) is 6.61 Å². The highest BCUT2D eigenvalue weighted by molar-refractivity contribution is 9.10. The van der Waals surface area contributed by atoms with E-state index in [9.17, 15) is 4.79 Å². The number of rotatable bonds is 2. The molecule has 1 saturated heterocycles. The normalized spacial score (nSPS) is 15.6. The van der Waals surface area contributed by atoms with Gasteiger partial charge >= 0.3 is 6.09 Å². The summed E-state index contributed by atoms with van der Waals surface area (Å²) in [6, 6.07) is 5.96. The molecule has 18 heavy (non-hydrogen) atoms. The highest BCUT2D eigenvalue weighted by atomic mass is 79.9. The van der Waals surface area contributed by atoms with E-state index in [1.54, 1.807) is 4.90 Å². The first-order valence-electron chi connectivity index (χ1n) is 6.04. The van der Waals surface area contributed by atoms with Crippen molar-refractivity contribution < 1.29 is 9.53 Å². The number of amides is 1. The first-order chi connectivity index (χ1) is 8.66. The number of halogens is 1. The van der Waals surface area contributed by atoms with Crippen LogP contribution in [0, 0.1) is 6.92 Å². The zero-order valence-corrected chi connectivity index (χ0v) is 12.0. The van der Waals surface area contributed by atoms with Gasteiger partial charge in [-0.2, -0.15) is 0 Å². The third-order valence-electron chi connectivity index (χ3n) is 3.03. The molecule has 1 aliphatic rings. The number of piperazine rings is 1. The molecule has 0 unspecified atom stereocenters. The molecule has 0 spiro atoms. The van der Waals surface area contributed by atoms with Crippen molar-refractivity contribution in [2.24, 2.45) is 0 Å². The quantitative estimate of drug-likeness (QED) is 0.911. The molecule has 1 amide bonds. The van der Waals surface area contributed by atoms with Gasteiger partial charge in [0.05, 0.1) is 0 Å². The molecule has 4 nitrogen and oxygen atoms in total. The second kappa shape index (κ2) is 6.20. The number of hydrogen-bond donors (Lipinski definition) is 1. The third kappa shape index (κ3) is 3.46. The molecule has 0 saturated carbocycles. The third-order valence-corrected chi connectivity index (χ3v) is 3.52. The first-order valence-corrected chi connectivity index (χ1v) is 6.83. The van der Waals surface area contributed by atoms with Gasteiger partial charge in [0, 0.05) is 30.7 Å². The van der Waals surface area contributed by atoms with E-state index in [4.69, 9.17) is 4.74 Å². The van der Waals surface area contributed by atoms with Crippen molar-refractivity contribution >= 4 is 22.0 Å². The number of nitrogens with one attached hydrogen (secondary N) is 1. The molecule has 5 heteroatoms. The Morgan fingerprint density at radius 2 is 2.17 bits per heavy atom. The lowest BCUT2D eigenvalue weighted by atomic mass is 10.1. The Labute approximate surface area is 115 Å². The van der Waals surface area contributed by atoms with E-state index in [-0.39, 0.29) is 6.09 Å². The fraction of sp³-hybridized carbons (Fsp3) is 0.462. The molecular weight excluding hydrogens is 296 g/mol. The second-order valence-electron chi connectivity index (χ2n) is 4.36. The van der Waals surface area contributed by atoms with Crippen LogP contribution in [0.3, 0.4) is 0 Å². The Morgan fingerprint density at radius 1 is 1.44 bits per heavy atom. The summed E-state index contributed by atoms with van der Waals surface area (Å²) in [6.45, 7) is 5.47. The van der Waals surface area contributed by atoms with Crippen LogP contribution in [0.1, 0.15) is 11.1 Å². The molecular formula is C13H17BrN2O2. The predicted octanol–water partition coefficient (Wildman–Crippen LogP) is 2.30. The summed E-state index contributed by atoms with van der Waals surface area (Å²) >= 11 is 3.42. The van der Waals surface area contributed by atoms with Crippen LogP contribution < -0.4 is 5.32 Å². The molecule has 1 heterocycles. The van der Waals surface area contributed by atoms with Crippen molar-refractivity contribution in [3.63, 3.8) is 0 Å². The Balaban J connectivity index is 1.88. The topological polar surface area (TPSA) is 41.6 Å². The van der Waals surface area contributed by atoms with Crippen molar-refractivity contribution in [3.8, 4) is 0 Å². The van der Waals surface area contributed by atoms with E-state index in [1.165, 1.54) is 0 Å². The lowest BCUT2D eigenvalue weighted by Crippen LogP contribution is -2.46. The number of benzene rings is 1. The molecule has 0 bridgehead atoms. The largest absolute Gasteiger partial charge is 0.445 e. The van der Waals surface area contributed by atoms with Gasteiger partial charge in [-0.25, -0.2) is 4.79 Å². The van der Waals surface area contributed by atoms with E-state index >= 15 is 0 Å². The number of aryl methyl sites for hydroxylation is 1. The van der Waals surface area contributed by atoms with E-state index in [1.807, 2.05) is 25.1 Å². The molecule has 0 atom stereocenters. The van der Waals surface area contributed by atoms with Gasteiger partial charge in [0.25, 0.3) is 0 Å². The van der Waals surface area contributed by atoms with Crippen molar-refractivity contribution in [2.45, 2.75) is 13.5 Å². The molecule has 0 aromatic heterocycles. The Morgan fingerprint density at radius 3 is 2.83 bits per heavy atom. The highest BCUT2D eigenvalue weighted by Crippen LogP contribution is 2.16.